The van der Waals surface area contributed by atoms with Crippen molar-refractivity contribution < 1.29 is 14.3 Å². The highest BCUT2D eigenvalue weighted by atomic mass is 16.5. The number of hydrogen-bond acceptors (Lipinski definition) is 4. The minimum absolute atomic E-state index is 0.158. The second-order valence-electron chi connectivity index (χ2n) is 3.62. The Hall–Kier alpha value is -1.85. The molecule has 0 radical (unpaired) electrons. The Bertz CT molecular complexity index is 400. The third-order valence-corrected chi connectivity index (χ3v) is 2.34. The molecular formula is C11H17N3O3. The summed E-state index contributed by atoms with van der Waals surface area (Å²) < 4.78 is 6.30. The Morgan fingerprint density at radius 1 is 1.53 bits per heavy atom. The molecule has 1 rings (SSSR count). The molecule has 0 atom stereocenters. The van der Waals surface area contributed by atoms with E-state index in [0.29, 0.717) is 18.8 Å². The number of aromatic nitrogens is 2. The number of ether oxygens (including phenoxy) is 1. The summed E-state index contributed by atoms with van der Waals surface area (Å²) in [6, 6.07) is 1.64. The maximum atomic E-state index is 11.9. The van der Waals surface area contributed by atoms with Gasteiger partial charge < -0.3 is 9.64 Å². The molecule has 0 unspecified atom stereocenters. The highest BCUT2D eigenvalue weighted by Gasteiger charge is 2.15. The molecule has 17 heavy (non-hydrogen) atoms. The predicted molar refractivity (Wildman–Crippen MR) is 61.4 cm³/mol. The van der Waals surface area contributed by atoms with E-state index in [-0.39, 0.29) is 18.3 Å². The predicted octanol–water partition coefficient (Wildman–Crippen LogP) is 0.445. The molecule has 0 bridgehead atoms. The van der Waals surface area contributed by atoms with E-state index in [1.165, 1.54) is 9.58 Å². The van der Waals surface area contributed by atoms with Crippen LogP contribution in [0, 0.1) is 0 Å². The molecule has 0 aromatic carbocycles. The number of aryl methyl sites for hydroxylation is 1. The van der Waals surface area contributed by atoms with E-state index in [2.05, 4.69) is 5.10 Å². The zero-order chi connectivity index (χ0) is 12.8. The van der Waals surface area contributed by atoms with Crippen LogP contribution in [0.25, 0.3) is 0 Å². The molecule has 6 nitrogen and oxygen atoms in total. The van der Waals surface area contributed by atoms with Crippen LogP contribution in [-0.4, -0.2) is 46.8 Å². The lowest BCUT2D eigenvalue weighted by Gasteiger charge is -2.16. The molecule has 6 heteroatoms. The van der Waals surface area contributed by atoms with Crippen LogP contribution in [-0.2, 0) is 16.6 Å². The summed E-state index contributed by atoms with van der Waals surface area (Å²) in [5.41, 5.74) is 0.497. The van der Waals surface area contributed by atoms with Gasteiger partial charge in [-0.1, -0.05) is 0 Å². The van der Waals surface area contributed by atoms with Crippen LogP contribution in [0.15, 0.2) is 12.3 Å². The molecule has 94 valence electrons. The first-order valence-corrected chi connectivity index (χ1v) is 5.45. The Balaban J connectivity index is 2.48. The standard InChI is InChI=1S/C11H17N3O3/c1-4-17-10(15)6-8-13(2)11(16)9-5-7-12-14(9)3/h5,7H,4,6,8H2,1-3H3. The van der Waals surface area contributed by atoms with Crippen molar-refractivity contribution in [2.24, 2.45) is 7.05 Å². The van der Waals surface area contributed by atoms with Crippen molar-refractivity contribution in [3.8, 4) is 0 Å². The average Bonchev–Trinajstić information content (AvgIpc) is 2.71. The quantitative estimate of drug-likeness (QED) is 0.700. The van der Waals surface area contributed by atoms with Gasteiger partial charge in [-0.2, -0.15) is 5.10 Å². The van der Waals surface area contributed by atoms with E-state index >= 15 is 0 Å². The number of hydrogen-bond donors (Lipinski definition) is 0. The summed E-state index contributed by atoms with van der Waals surface area (Å²) >= 11 is 0. The fraction of sp³-hybridized carbons (Fsp3) is 0.545. The molecule has 0 aliphatic heterocycles. The van der Waals surface area contributed by atoms with Gasteiger partial charge in [0.2, 0.25) is 0 Å². The van der Waals surface area contributed by atoms with Gasteiger partial charge in [0.15, 0.2) is 0 Å². The minimum Gasteiger partial charge on any atom is -0.466 e. The van der Waals surface area contributed by atoms with E-state index in [9.17, 15) is 9.59 Å². The first-order chi connectivity index (χ1) is 8.06. The molecule has 1 aromatic rings. The summed E-state index contributed by atoms with van der Waals surface area (Å²) in [4.78, 5) is 24.5. The van der Waals surface area contributed by atoms with E-state index in [0.717, 1.165) is 0 Å². The van der Waals surface area contributed by atoms with E-state index in [1.807, 2.05) is 0 Å². The smallest absolute Gasteiger partial charge is 0.307 e. The zero-order valence-electron chi connectivity index (χ0n) is 10.3. The number of amides is 1. The third-order valence-electron chi connectivity index (χ3n) is 2.34. The van der Waals surface area contributed by atoms with Crippen LogP contribution in [0.2, 0.25) is 0 Å². The van der Waals surface area contributed by atoms with Gasteiger partial charge in [0.25, 0.3) is 5.91 Å². The highest BCUT2D eigenvalue weighted by Crippen LogP contribution is 2.02. The molecule has 0 saturated heterocycles. The second-order valence-corrected chi connectivity index (χ2v) is 3.62. The topological polar surface area (TPSA) is 64.4 Å². The fourth-order valence-electron chi connectivity index (χ4n) is 1.37. The summed E-state index contributed by atoms with van der Waals surface area (Å²) in [7, 11) is 3.35. The van der Waals surface area contributed by atoms with Gasteiger partial charge in [0.05, 0.1) is 13.0 Å². The first-order valence-electron chi connectivity index (χ1n) is 5.45. The fourth-order valence-corrected chi connectivity index (χ4v) is 1.37. The number of carbonyl (C=O) groups excluding carboxylic acids is 2. The van der Waals surface area contributed by atoms with Crippen LogP contribution < -0.4 is 0 Å². The number of nitrogens with zero attached hydrogens (tertiary/aromatic N) is 3. The molecule has 1 aromatic heterocycles. The number of rotatable bonds is 5. The lowest BCUT2D eigenvalue weighted by molar-refractivity contribution is -0.143. The summed E-state index contributed by atoms with van der Waals surface area (Å²) in [5.74, 6) is -0.452. The summed E-state index contributed by atoms with van der Waals surface area (Å²) in [6.45, 7) is 2.45. The van der Waals surface area contributed by atoms with Crippen molar-refractivity contribution in [3.63, 3.8) is 0 Å². The van der Waals surface area contributed by atoms with E-state index < -0.39 is 0 Å². The minimum atomic E-state index is -0.294. The van der Waals surface area contributed by atoms with Gasteiger partial charge in [-0.25, -0.2) is 0 Å². The molecule has 0 aliphatic carbocycles. The maximum Gasteiger partial charge on any atom is 0.307 e. The van der Waals surface area contributed by atoms with Crippen LogP contribution in [0.1, 0.15) is 23.8 Å². The molecule has 0 aliphatic rings. The molecule has 1 heterocycles. The lowest BCUT2D eigenvalue weighted by atomic mass is 10.3. The average molecular weight is 239 g/mol. The van der Waals surface area contributed by atoms with Crippen molar-refractivity contribution >= 4 is 11.9 Å². The molecule has 0 spiro atoms. The van der Waals surface area contributed by atoms with Crippen molar-refractivity contribution in [1.82, 2.24) is 14.7 Å². The Kier molecular flexibility index (Phi) is 4.68. The highest BCUT2D eigenvalue weighted by molar-refractivity contribution is 5.92. The Morgan fingerprint density at radius 2 is 2.24 bits per heavy atom. The van der Waals surface area contributed by atoms with Gasteiger partial charge >= 0.3 is 5.97 Å². The van der Waals surface area contributed by atoms with Gasteiger partial charge in [-0.05, 0) is 13.0 Å². The van der Waals surface area contributed by atoms with Gasteiger partial charge in [-0.15, -0.1) is 0 Å². The van der Waals surface area contributed by atoms with Crippen LogP contribution >= 0.6 is 0 Å². The lowest BCUT2D eigenvalue weighted by Crippen LogP contribution is -2.30. The molecular weight excluding hydrogens is 222 g/mol. The molecule has 1 amide bonds. The second kappa shape index (κ2) is 6.03. The first kappa shape index (κ1) is 13.2. The number of carbonyl (C=O) groups is 2. The van der Waals surface area contributed by atoms with Crippen molar-refractivity contribution in [1.29, 1.82) is 0 Å². The third kappa shape index (κ3) is 3.58. The van der Waals surface area contributed by atoms with Crippen LogP contribution in [0.4, 0.5) is 0 Å². The van der Waals surface area contributed by atoms with Crippen LogP contribution in [0.5, 0.6) is 0 Å². The van der Waals surface area contributed by atoms with Crippen molar-refractivity contribution in [2.45, 2.75) is 13.3 Å². The molecule has 0 saturated carbocycles. The van der Waals surface area contributed by atoms with Crippen molar-refractivity contribution in [3.05, 3.63) is 18.0 Å². The number of esters is 1. The van der Waals surface area contributed by atoms with E-state index in [1.54, 1.807) is 33.3 Å². The summed E-state index contributed by atoms with van der Waals surface area (Å²) in [5, 5.41) is 3.92. The van der Waals surface area contributed by atoms with Crippen molar-refractivity contribution in [2.75, 3.05) is 20.2 Å². The van der Waals surface area contributed by atoms with Gasteiger partial charge in [-0.3, -0.25) is 14.3 Å². The largest absolute Gasteiger partial charge is 0.466 e. The SMILES string of the molecule is CCOC(=O)CCN(C)C(=O)c1ccnn1C. The Morgan fingerprint density at radius 3 is 2.76 bits per heavy atom. The van der Waals surface area contributed by atoms with Gasteiger partial charge in [0, 0.05) is 26.8 Å². The summed E-state index contributed by atoms with van der Waals surface area (Å²) in [6.07, 6.45) is 1.76. The Labute approximate surface area is 100 Å². The normalized spacial score (nSPS) is 10.1. The van der Waals surface area contributed by atoms with Crippen LogP contribution in [0.3, 0.4) is 0 Å². The van der Waals surface area contributed by atoms with Gasteiger partial charge in [0.1, 0.15) is 5.69 Å². The van der Waals surface area contributed by atoms with E-state index in [4.69, 9.17) is 4.74 Å². The maximum absolute atomic E-state index is 11.9. The zero-order valence-corrected chi connectivity index (χ0v) is 10.3. The monoisotopic (exact) mass is 239 g/mol. The molecule has 0 N–H and O–H groups in total. The molecule has 0 fully saturated rings.